The van der Waals surface area contributed by atoms with E-state index in [-0.39, 0.29) is 5.54 Å². The van der Waals surface area contributed by atoms with Gasteiger partial charge in [0.2, 0.25) is 0 Å². The van der Waals surface area contributed by atoms with Crippen LogP contribution in [0, 0.1) is 0 Å². The molecule has 0 rings (SSSR count). The fourth-order valence-electron chi connectivity index (χ4n) is 1.91. The first-order valence-electron chi connectivity index (χ1n) is 5.14. The SMILES string of the molecule is CCN(CC)C(CC)(CN)COC. The van der Waals surface area contributed by atoms with E-state index < -0.39 is 0 Å². The minimum Gasteiger partial charge on any atom is -0.383 e. The molecule has 0 aliphatic rings. The van der Waals surface area contributed by atoms with Gasteiger partial charge in [-0.3, -0.25) is 4.90 Å². The third-order valence-electron chi connectivity index (χ3n) is 2.89. The van der Waals surface area contributed by atoms with Crippen LogP contribution in [0.2, 0.25) is 0 Å². The van der Waals surface area contributed by atoms with Gasteiger partial charge in [0.25, 0.3) is 0 Å². The summed E-state index contributed by atoms with van der Waals surface area (Å²) in [6.45, 7) is 9.96. The van der Waals surface area contributed by atoms with E-state index in [1.54, 1.807) is 7.11 Å². The van der Waals surface area contributed by atoms with E-state index in [9.17, 15) is 0 Å². The summed E-state index contributed by atoms with van der Waals surface area (Å²) in [4.78, 5) is 2.39. The van der Waals surface area contributed by atoms with E-state index in [0.29, 0.717) is 6.54 Å². The van der Waals surface area contributed by atoms with Crippen molar-refractivity contribution in [2.75, 3.05) is 33.4 Å². The molecule has 3 nitrogen and oxygen atoms in total. The monoisotopic (exact) mass is 188 g/mol. The number of ether oxygens (including phenoxy) is 1. The zero-order valence-electron chi connectivity index (χ0n) is 9.47. The molecule has 80 valence electrons. The number of rotatable bonds is 7. The Kier molecular flexibility index (Phi) is 6.29. The summed E-state index contributed by atoms with van der Waals surface area (Å²) in [6, 6.07) is 0. The maximum Gasteiger partial charge on any atom is 0.0658 e. The van der Waals surface area contributed by atoms with Crippen LogP contribution in [0.5, 0.6) is 0 Å². The number of nitrogens with zero attached hydrogens (tertiary/aromatic N) is 1. The Bertz CT molecular complexity index is 120. The lowest BCUT2D eigenvalue weighted by atomic mass is 9.94. The van der Waals surface area contributed by atoms with Crippen LogP contribution in [0.15, 0.2) is 0 Å². The molecule has 1 unspecified atom stereocenters. The standard InChI is InChI=1S/C10H24N2O/c1-5-10(8-11,9-13-4)12(6-2)7-3/h5-9,11H2,1-4H3. The van der Waals surface area contributed by atoms with Crippen LogP contribution >= 0.6 is 0 Å². The Morgan fingerprint density at radius 2 is 1.77 bits per heavy atom. The minimum atomic E-state index is 0.0399. The number of hydrogen-bond acceptors (Lipinski definition) is 3. The molecular formula is C10H24N2O. The van der Waals surface area contributed by atoms with Crippen LogP contribution in [-0.4, -0.2) is 43.8 Å². The van der Waals surface area contributed by atoms with Gasteiger partial charge in [0.1, 0.15) is 0 Å². The lowest BCUT2D eigenvalue weighted by Crippen LogP contribution is -2.56. The largest absolute Gasteiger partial charge is 0.383 e. The van der Waals surface area contributed by atoms with Crippen LogP contribution in [-0.2, 0) is 4.74 Å². The molecule has 0 aromatic heterocycles. The topological polar surface area (TPSA) is 38.5 Å². The summed E-state index contributed by atoms with van der Waals surface area (Å²) >= 11 is 0. The third kappa shape index (κ3) is 2.93. The molecule has 0 bridgehead atoms. The van der Waals surface area contributed by atoms with E-state index in [1.807, 2.05) is 0 Å². The first kappa shape index (κ1) is 12.9. The van der Waals surface area contributed by atoms with Crippen molar-refractivity contribution in [2.24, 2.45) is 5.73 Å². The zero-order valence-corrected chi connectivity index (χ0v) is 9.47. The second-order valence-electron chi connectivity index (χ2n) is 3.39. The first-order valence-corrected chi connectivity index (χ1v) is 5.14. The minimum absolute atomic E-state index is 0.0399. The summed E-state index contributed by atoms with van der Waals surface area (Å²) < 4.78 is 5.25. The molecule has 0 heterocycles. The molecule has 1 atom stereocenters. The normalized spacial score (nSPS) is 16.2. The molecule has 0 aliphatic carbocycles. The highest BCUT2D eigenvalue weighted by atomic mass is 16.5. The lowest BCUT2D eigenvalue weighted by molar-refractivity contribution is 0.0180. The summed E-state index contributed by atoms with van der Waals surface area (Å²) in [5.41, 5.74) is 5.87. The second-order valence-corrected chi connectivity index (χ2v) is 3.39. The fraction of sp³-hybridized carbons (Fsp3) is 1.00. The molecule has 0 saturated heterocycles. The van der Waals surface area contributed by atoms with Crippen molar-refractivity contribution < 1.29 is 4.74 Å². The van der Waals surface area contributed by atoms with Crippen LogP contribution < -0.4 is 5.73 Å². The Labute approximate surface area is 82.2 Å². The van der Waals surface area contributed by atoms with Crippen molar-refractivity contribution in [3.63, 3.8) is 0 Å². The number of likely N-dealkylation sites (N-methyl/N-ethyl adjacent to an activating group) is 1. The van der Waals surface area contributed by atoms with Gasteiger partial charge in [0.15, 0.2) is 0 Å². The number of methoxy groups -OCH3 is 1. The summed E-state index contributed by atoms with van der Waals surface area (Å²) in [7, 11) is 1.74. The van der Waals surface area contributed by atoms with Gasteiger partial charge in [-0.15, -0.1) is 0 Å². The van der Waals surface area contributed by atoms with Gasteiger partial charge in [-0.1, -0.05) is 20.8 Å². The van der Waals surface area contributed by atoms with Gasteiger partial charge < -0.3 is 10.5 Å². The molecule has 0 aliphatic heterocycles. The molecule has 0 aromatic carbocycles. The molecule has 0 radical (unpaired) electrons. The van der Waals surface area contributed by atoms with E-state index in [2.05, 4.69) is 25.7 Å². The van der Waals surface area contributed by atoms with Crippen LogP contribution in [0.4, 0.5) is 0 Å². The van der Waals surface area contributed by atoms with E-state index in [0.717, 1.165) is 26.1 Å². The molecule has 0 amide bonds. The van der Waals surface area contributed by atoms with E-state index in [4.69, 9.17) is 10.5 Å². The van der Waals surface area contributed by atoms with Gasteiger partial charge >= 0.3 is 0 Å². The Morgan fingerprint density at radius 3 is 2.00 bits per heavy atom. The van der Waals surface area contributed by atoms with Crippen LogP contribution in [0.3, 0.4) is 0 Å². The molecule has 2 N–H and O–H groups in total. The number of nitrogens with two attached hydrogens (primary N) is 1. The molecule has 0 spiro atoms. The van der Waals surface area contributed by atoms with Crippen molar-refractivity contribution in [2.45, 2.75) is 32.7 Å². The van der Waals surface area contributed by atoms with E-state index in [1.165, 1.54) is 0 Å². The van der Waals surface area contributed by atoms with Gasteiger partial charge in [-0.05, 0) is 19.5 Å². The lowest BCUT2D eigenvalue weighted by Gasteiger charge is -2.41. The maximum atomic E-state index is 5.83. The second kappa shape index (κ2) is 6.35. The third-order valence-corrected chi connectivity index (χ3v) is 2.89. The Hall–Kier alpha value is -0.120. The summed E-state index contributed by atoms with van der Waals surface area (Å²) in [5, 5.41) is 0. The molecule has 0 aromatic rings. The van der Waals surface area contributed by atoms with Crippen LogP contribution in [0.25, 0.3) is 0 Å². The highest BCUT2D eigenvalue weighted by molar-refractivity contribution is 4.89. The zero-order chi connectivity index (χ0) is 10.3. The van der Waals surface area contributed by atoms with Crippen molar-refractivity contribution in [1.82, 2.24) is 4.90 Å². The molecular weight excluding hydrogens is 164 g/mol. The van der Waals surface area contributed by atoms with Crippen molar-refractivity contribution in [1.29, 1.82) is 0 Å². The Balaban J connectivity index is 4.50. The quantitative estimate of drug-likeness (QED) is 0.650. The number of hydrogen-bond donors (Lipinski definition) is 1. The highest BCUT2D eigenvalue weighted by Crippen LogP contribution is 2.18. The van der Waals surface area contributed by atoms with Gasteiger partial charge in [0, 0.05) is 13.7 Å². The van der Waals surface area contributed by atoms with Gasteiger partial charge in [0.05, 0.1) is 12.1 Å². The fourth-order valence-corrected chi connectivity index (χ4v) is 1.91. The molecule has 13 heavy (non-hydrogen) atoms. The van der Waals surface area contributed by atoms with Gasteiger partial charge in [-0.2, -0.15) is 0 Å². The van der Waals surface area contributed by atoms with Crippen LogP contribution in [0.1, 0.15) is 27.2 Å². The van der Waals surface area contributed by atoms with Crippen molar-refractivity contribution in [3.05, 3.63) is 0 Å². The first-order chi connectivity index (χ1) is 6.20. The molecule has 0 fully saturated rings. The predicted molar refractivity (Wildman–Crippen MR) is 56.9 cm³/mol. The highest BCUT2D eigenvalue weighted by Gasteiger charge is 2.31. The van der Waals surface area contributed by atoms with E-state index >= 15 is 0 Å². The smallest absolute Gasteiger partial charge is 0.0658 e. The Morgan fingerprint density at radius 1 is 1.23 bits per heavy atom. The van der Waals surface area contributed by atoms with Gasteiger partial charge in [-0.25, -0.2) is 0 Å². The average molecular weight is 188 g/mol. The predicted octanol–water partition coefficient (Wildman–Crippen LogP) is 1.08. The maximum absolute atomic E-state index is 5.83. The summed E-state index contributed by atoms with van der Waals surface area (Å²) in [6.07, 6.45) is 1.04. The van der Waals surface area contributed by atoms with Crippen molar-refractivity contribution >= 4 is 0 Å². The van der Waals surface area contributed by atoms with Crippen molar-refractivity contribution in [3.8, 4) is 0 Å². The summed E-state index contributed by atoms with van der Waals surface area (Å²) in [5.74, 6) is 0. The molecule has 3 heteroatoms. The average Bonchev–Trinajstić information content (AvgIpc) is 2.18. The molecule has 0 saturated carbocycles.